The Morgan fingerprint density at radius 3 is 1.88 bits per heavy atom. The highest BCUT2D eigenvalue weighted by Crippen LogP contribution is 2.53. The van der Waals surface area contributed by atoms with Gasteiger partial charge in [0, 0.05) is 22.2 Å². The van der Waals surface area contributed by atoms with E-state index in [0.717, 1.165) is 21.7 Å². The van der Waals surface area contributed by atoms with Gasteiger partial charge >= 0.3 is 0 Å². The van der Waals surface area contributed by atoms with E-state index in [2.05, 4.69) is 118 Å². The molecule has 1 aliphatic carbocycles. The van der Waals surface area contributed by atoms with Crippen LogP contribution in [0.1, 0.15) is 72.0 Å². The van der Waals surface area contributed by atoms with Crippen LogP contribution in [-0.2, 0) is 5.41 Å². The Balaban J connectivity index is 1.23. The van der Waals surface area contributed by atoms with Gasteiger partial charge in [0.2, 0.25) is 0 Å². The molecule has 0 fully saturated rings. The van der Waals surface area contributed by atoms with Crippen molar-refractivity contribution in [1.82, 2.24) is 0 Å². The molecule has 242 valence electrons. The molecule has 4 heteroatoms. The average Bonchev–Trinajstić information content (AvgIpc) is 3.35. The van der Waals surface area contributed by atoms with E-state index in [1.807, 2.05) is 36.4 Å². The molecule has 0 aromatic heterocycles. The number of hydrogen-bond donors (Lipinski definition) is 0. The predicted octanol–water partition coefficient (Wildman–Crippen LogP) is 11.3. The number of carbonyl (C=O) groups excluding carboxylic acids is 2. The van der Waals surface area contributed by atoms with Crippen LogP contribution in [0.15, 0.2) is 121 Å². The van der Waals surface area contributed by atoms with Gasteiger partial charge in [-0.1, -0.05) is 131 Å². The quantitative estimate of drug-likeness (QED) is 0.102. The molecule has 6 aromatic rings. The number of ketones is 2. The van der Waals surface area contributed by atoms with E-state index < -0.39 is 8.07 Å². The zero-order valence-electron chi connectivity index (χ0n) is 28.9. The molecule has 0 saturated heterocycles. The van der Waals surface area contributed by atoms with Crippen molar-refractivity contribution in [3.63, 3.8) is 0 Å². The normalized spacial score (nSPS) is 15.0. The van der Waals surface area contributed by atoms with Crippen molar-refractivity contribution in [2.24, 2.45) is 0 Å². The maximum Gasteiger partial charge on any atom is 0.197 e. The zero-order chi connectivity index (χ0) is 34.1. The molecule has 0 amide bonds. The van der Waals surface area contributed by atoms with Crippen molar-refractivity contribution in [3.05, 3.63) is 149 Å². The Bertz CT molecular complexity index is 2300. The smallest absolute Gasteiger partial charge is 0.197 e. The lowest BCUT2D eigenvalue weighted by Crippen LogP contribution is -2.45. The minimum atomic E-state index is -1.49. The second-order valence-corrected chi connectivity index (χ2v) is 19.5. The van der Waals surface area contributed by atoms with Crippen molar-refractivity contribution in [2.75, 3.05) is 4.90 Å². The van der Waals surface area contributed by atoms with E-state index in [4.69, 9.17) is 0 Å². The van der Waals surface area contributed by atoms with Crippen molar-refractivity contribution in [1.29, 1.82) is 0 Å². The van der Waals surface area contributed by atoms with Crippen LogP contribution in [0.4, 0.5) is 17.1 Å². The summed E-state index contributed by atoms with van der Waals surface area (Å²) < 4.78 is 0. The number of nitrogens with zero attached hydrogens (tertiary/aromatic N) is 1. The van der Waals surface area contributed by atoms with Crippen molar-refractivity contribution >= 4 is 69.5 Å². The van der Waals surface area contributed by atoms with Crippen LogP contribution in [0.3, 0.4) is 0 Å². The number of carbonyl (C=O) groups is 2. The van der Waals surface area contributed by atoms with Gasteiger partial charge in [0.25, 0.3) is 0 Å². The van der Waals surface area contributed by atoms with Gasteiger partial charge in [-0.25, -0.2) is 0 Å². The molecule has 1 aliphatic heterocycles. The standard InChI is InChI=1S/C45H41NO2Si/c1-6-49(7-2,8-3)34-21-19-33(20-22-34)46-40-16-12-11-15-39(40)45(4,5)42-35-23-17-29(25-32(35)18-24-41(42)46)26-38-43(47)36-27-30-13-9-10-14-31(30)28-37(36)44(38)48/h9-28H,6-8H2,1-5H3. The first kappa shape index (κ1) is 31.2. The lowest BCUT2D eigenvalue weighted by molar-refractivity contribution is 0.0990. The number of allylic oxidation sites excluding steroid dienone is 1. The van der Waals surface area contributed by atoms with Gasteiger partial charge in [-0.15, -0.1) is 0 Å². The second-order valence-electron chi connectivity index (χ2n) is 14.3. The highest BCUT2D eigenvalue weighted by molar-refractivity contribution is 6.91. The Morgan fingerprint density at radius 2 is 1.24 bits per heavy atom. The topological polar surface area (TPSA) is 37.4 Å². The van der Waals surface area contributed by atoms with Crippen LogP contribution >= 0.6 is 0 Å². The van der Waals surface area contributed by atoms with Crippen LogP contribution in [0.5, 0.6) is 0 Å². The fraction of sp³-hybridized carbons (Fsp3) is 0.200. The van der Waals surface area contributed by atoms with Crippen LogP contribution in [0.2, 0.25) is 18.1 Å². The SMILES string of the molecule is CC[Si](CC)(CC)c1ccc(N2c3ccccc3C(C)(C)c3c2ccc2cc(C=C4C(=O)c5cc6ccccc6cc5C4=O)ccc32)cc1. The molecule has 0 unspecified atom stereocenters. The number of para-hydroxylation sites is 1. The predicted molar refractivity (Wildman–Crippen MR) is 208 cm³/mol. The molecule has 8 rings (SSSR count). The summed E-state index contributed by atoms with van der Waals surface area (Å²) in [6, 6.07) is 44.4. The Morgan fingerprint density at radius 1 is 0.633 bits per heavy atom. The van der Waals surface area contributed by atoms with Crippen molar-refractivity contribution in [3.8, 4) is 0 Å². The number of benzene rings is 6. The molecule has 1 heterocycles. The molecule has 0 bridgehead atoms. The molecule has 49 heavy (non-hydrogen) atoms. The van der Waals surface area contributed by atoms with Crippen molar-refractivity contribution < 1.29 is 9.59 Å². The summed E-state index contributed by atoms with van der Waals surface area (Å²) in [5, 5.41) is 5.73. The number of anilines is 3. The van der Waals surface area contributed by atoms with Gasteiger partial charge in [-0.05, 0) is 86.8 Å². The molecule has 6 aromatic carbocycles. The summed E-state index contributed by atoms with van der Waals surface area (Å²) in [4.78, 5) is 29.5. The first-order valence-electron chi connectivity index (χ1n) is 17.6. The van der Waals surface area contributed by atoms with E-state index in [-0.39, 0.29) is 22.6 Å². The Kier molecular flexibility index (Phi) is 7.34. The lowest BCUT2D eigenvalue weighted by atomic mass is 9.71. The molecule has 0 saturated carbocycles. The summed E-state index contributed by atoms with van der Waals surface area (Å²) in [7, 11) is -1.49. The number of hydrogen-bond acceptors (Lipinski definition) is 3. The summed E-state index contributed by atoms with van der Waals surface area (Å²) >= 11 is 0. The summed E-state index contributed by atoms with van der Waals surface area (Å²) in [5.41, 5.74) is 7.94. The molecule has 0 radical (unpaired) electrons. The van der Waals surface area contributed by atoms with E-state index in [0.29, 0.717) is 11.1 Å². The van der Waals surface area contributed by atoms with E-state index in [1.165, 1.54) is 51.7 Å². The summed E-state index contributed by atoms with van der Waals surface area (Å²) in [5.74, 6) is -0.403. The molecule has 0 spiro atoms. The summed E-state index contributed by atoms with van der Waals surface area (Å²) in [6.07, 6.45) is 1.77. The number of rotatable bonds is 6. The monoisotopic (exact) mass is 655 g/mol. The molecular weight excluding hydrogens is 615 g/mol. The van der Waals surface area contributed by atoms with Gasteiger partial charge in [0.1, 0.15) is 0 Å². The van der Waals surface area contributed by atoms with Crippen LogP contribution < -0.4 is 10.1 Å². The molecule has 0 atom stereocenters. The molecular formula is C45H41NO2Si. The van der Waals surface area contributed by atoms with Gasteiger partial charge in [0.15, 0.2) is 11.6 Å². The minimum absolute atomic E-state index is 0.201. The zero-order valence-corrected chi connectivity index (χ0v) is 29.9. The highest BCUT2D eigenvalue weighted by atomic mass is 28.3. The fourth-order valence-corrected chi connectivity index (χ4v) is 12.2. The largest absolute Gasteiger partial charge is 0.310 e. The second kappa shape index (κ2) is 11.5. The minimum Gasteiger partial charge on any atom is -0.310 e. The third-order valence-corrected chi connectivity index (χ3v) is 17.3. The van der Waals surface area contributed by atoms with Crippen LogP contribution in [0, 0.1) is 0 Å². The van der Waals surface area contributed by atoms with Gasteiger partial charge in [0.05, 0.1) is 25.0 Å². The average molecular weight is 656 g/mol. The maximum absolute atomic E-state index is 13.5. The fourth-order valence-electron chi connectivity index (χ4n) is 8.64. The third-order valence-electron chi connectivity index (χ3n) is 11.6. The van der Waals surface area contributed by atoms with E-state index in [1.54, 1.807) is 11.3 Å². The maximum atomic E-state index is 13.5. The summed E-state index contributed by atoms with van der Waals surface area (Å²) in [6.45, 7) is 11.7. The first-order chi connectivity index (χ1) is 23.7. The van der Waals surface area contributed by atoms with Crippen LogP contribution in [0.25, 0.3) is 27.6 Å². The Hall–Kier alpha value is -5.06. The first-order valence-corrected chi connectivity index (χ1v) is 20.2. The van der Waals surface area contributed by atoms with Crippen molar-refractivity contribution in [2.45, 2.75) is 58.2 Å². The van der Waals surface area contributed by atoms with Gasteiger partial charge in [-0.2, -0.15) is 0 Å². The number of Topliss-reactive ketones (excluding diaryl/α,β-unsaturated/α-hetero) is 2. The Labute approximate surface area is 289 Å². The van der Waals surface area contributed by atoms with Gasteiger partial charge < -0.3 is 4.90 Å². The van der Waals surface area contributed by atoms with Gasteiger partial charge in [-0.3, -0.25) is 9.59 Å². The van der Waals surface area contributed by atoms with E-state index >= 15 is 0 Å². The van der Waals surface area contributed by atoms with E-state index in [9.17, 15) is 9.59 Å². The highest BCUT2D eigenvalue weighted by Gasteiger charge is 2.39. The third kappa shape index (κ3) is 4.68. The lowest BCUT2D eigenvalue weighted by Gasteiger charge is -2.43. The molecule has 0 N–H and O–H groups in total. The number of fused-ring (bicyclic) bond motifs is 6. The van der Waals surface area contributed by atoms with Crippen LogP contribution in [-0.4, -0.2) is 19.6 Å². The molecule has 2 aliphatic rings. The molecule has 3 nitrogen and oxygen atoms in total.